The summed E-state index contributed by atoms with van der Waals surface area (Å²) in [4.78, 5) is 0. The van der Waals surface area contributed by atoms with Crippen molar-refractivity contribution in [2.75, 3.05) is 7.11 Å². The highest BCUT2D eigenvalue weighted by molar-refractivity contribution is 5.29. The van der Waals surface area contributed by atoms with Gasteiger partial charge in [0, 0.05) is 7.11 Å². The highest BCUT2D eigenvalue weighted by Crippen LogP contribution is 2.39. The van der Waals surface area contributed by atoms with Gasteiger partial charge < -0.3 is 9.84 Å². The van der Waals surface area contributed by atoms with Gasteiger partial charge in [-0.05, 0) is 17.5 Å². The number of aliphatic hydroxyl groups is 1. The van der Waals surface area contributed by atoms with Crippen LogP contribution in [0.3, 0.4) is 0 Å². The van der Waals surface area contributed by atoms with Crippen LogP contribution < -0.4 is 0 Å². The minimum absolute atomic E-state index is 0.374. The molecule has 0 bridgehead atoms. The molecule has 2 atom stereocenters. The van der Waals surface area contributed by atoms with E-state index in [4.69, 9.17) is 4.74 Å². The van der Waals surface area contributed by atoms with Crippen molar-refractivity contribution in [3.8, 4) is 0 Å². The summed E-state index contributed by atoms with van der Waals surface area (Å²) >= 11 is 0. The maximum atomic E-state index is 11.1. The molecule has 2 aromatic rings. The van der Waals surface area contributed by atoms with Crippen LogP contribution in [-0.2, 0) is 10.3 Å². The Balaban J connectivity index is 2.44. The van der Waals surface area contributed by atoms with Gasteiger partial charge in [0.2, 0.25) is 0 Å². The Kier molecular flexibility index (Phi) is 4.35. The van der Waals surface area contributed by atoms with Gasteiger partial charge in [-0.3, -0.25) is 0 Å². The first-order valence-corrected chi connectivity index (χ1v) is 6.58. The fraction of sp³-hybridized carbons (Fsp3) is 0.294. The van der Waals surface area contributed by atoms with E-state index < -0.39 is 5.60 Å². The van der Waals surface area contributed by atoms with Gasteiger partial charge in [0.15, 0.2) is 0 Å². The molecule has 2 heteroatoms. The maximum Gasteiger partial charge on any atom is 0.120 e. The lowest BCUT2D eigenvalue weighted by molar-refractivity contribution is -0.104. The number of hydrogen-bond donors (Lipinski definition) is 1. The largest absolute Gasteiger partial charge is 0.382 e. The third-order valence-corrected chi connectivity index (χ3v) is 3.58. The predicted molar refractivity (Wildman–Crippen MR) is 76.8 cm³/mol. The third-order valence-electron chi connectivity index (χ3n) is 3.58. The van der Waals surface area contributed by atoms with E-state index in [0.717, 1.165) is 11.1 Å². The maximum absolute atomic E-state index is 11.1. The van der Waals surface area contributed by atoms with Crippen molar-refractivity contribution in [2.24, 2.45) is 0 Å². The second-order valence-corrected chi connectivity index (χ2v) is 4.67. The molecule has 0 aliphatic carbocycles. The number of rotatable bonds is 5. The first kappa shape index (κ1) is 13.8. The van der Waals surface area contributed by atoms with Gasteiger partial charge in [0.05, 0.1) is 0 Å². The molecule has 0 aromatic heterocycles. The zero-order valence-corrected chi connectivity index (χ0v) is 11.4. The number of methoxy groups -OCH3 is 1. The van der Waals surface area contributed by atoms with Crippen LogP contribution in [-0.4, -0.2) is 12.2 Å². The van der Waals surface area contributed by atoms with Crippen molar-refractivity contribution in [3.05, 3.63) is 71.8 Å². The van der Waals surface area contributed by atoms with Crippen molar-refractivity contribution in [2.45, 2.75) is 25.0 Å². The minimum atomic E-state index is -1.02. The second-order valence-electron chi connectivity index (χ2n) is 4.67. The van der Waals surface area contributed by atoms with Crippen molar-refractivity contribution in [1.82, 2.24) is 0 Å². The molecule has 2 nitrogen and oxygen atoms in total. The van der Waals surface area contributed by atoms with Crippen LogP contribution in [0, 0.1) is 0 Å². The Bertz CT molecular complexity index is 495. The molecule has 0 amide bonds. The fourth-order valence-electron chi connectivity index (χ4n) is 2.50. The summed E-state index contributed by atoms with van der Waals surface area (Å²) < 4.78 is 5.60. The Hall–Kier alpha value is -1.64. The first-order chi connectivity index (χ1) is 9.22. The van der Waals surface area contributed by atoms with Crippen molar-refractivity contribution >= 4 is 0 Å². The van der Waals surface area contributed by atoms with Crippen LogP contribution in [0.1, 0.15) is 30.6 Å². The lowest BCUT2D eigenvalue weighted by atomic mass is 9.82. The highest BCUT2D eigenvalue weighted by atomic mass is 16.5. The molecule has 0 fully saturated rings. The molecular weight excluding hydrogens is 236 g/mol. The van der Waals surface area contributed by atoms with E-state index in [-0.39, 0.29) is 6.10 Å². The van der Waals surface area contributed by atoms with Gasteiger partial charge in [0.25, 0.3) is 0 Å². The van der Waals surface area contributed by atoms with Crippen molar-refractivity contribution < 1.29 is 9.84 Å². The molecule has 100 valence electrons. The van der Waals surface area contributed by atoms with Gasteiger partial charge >= 0.3 is 0 Å². The second kappa shape index (κ2) is 6.00. The Morgan fingerprint density at radius 1 is 1.00 bits per heavy atom. The van der Waals surface area contributed by atoms with Crippen LogP contribution in [0.5, 0.6) is 0 Å². The summed E-state index contributed by atoms with van der Waals surface area (Å²) in [6, 6.07) is 19.6. The molecule has 2 rings (SSSR count). The molecule has 0 spiro atoms. The molecule has 0 aliphatic heterocycles. The zero-order valence-electron chi connectivity index (χ0n) is 11.4. The quantitative estimate of drug-likeness (QED) is 0.884. The lowest BCUT2D eigenvalue weighted by Crippen LogP contribution is -2.34. The van der Waals surface area contributed by atoms with E-state index in [0.29, 0.717) is 6.42 Å². The van der Waals surface area contributed by atoms with E-state index >= 15 is 0 Å². The summed E-state index contributed by atoms with van der Waals surface area (Å²) in [6.45, 7) is 1.97. The molecular formula is C17H20O2. The topological polar surface area (TPSA) is 29.5 Å². The van der Waals surface area contributed by atoms with Gasteiger partial charge in [-0.15, -0.1) is 0 Å². The standard InChI is InChI=1S/C17H20O2/c1-3-17(18,15-12-8-5-9-13-15)16(19-2)14-10-6-4-7-11-14/h4-13,16,18H,3H2,1-2H3/t16-,17-/m1/s1. The Morgan fingerprint density at radius 3 is 2.00 bits per heavy atom. The monoisotopic (exact) mass is 256 g/mol. The van der Waals surface area contributed by atoms with Crippen molar-refractivity contribution in [1.29, 1.82) is 0 Å². The van der Waals surface area contributed by atoms with Gasteiger partial charge in [0.1, 0.15) is 11.7 Å². The first-order valence-electron chi connectivity index (χ1n) is 6.58. The van der Waals surface area contributed by atoms with E-state index in [1.807, 2.05) is 67.6 Å². The van der Waals surface area contributed by atoms with Crippen LogP contribution in [0.15, 0.2) is 60.7 Å². The van der Waals surface area contributed by atoms with Gasteiger partial charge in [-0.1, -0.05) is 67.6 Å². The predicted octanol–water partition coefficient (Wildman–Crippen LogP) is 3.67. The molecule has 0 radical (unpaired) electrons. The summed E-state index contributed by atoms with van der Waals surface area (Å²) in [5, 5.41) is 11.1. The molecule has 0 unspecified atom stereocenters. The summed E-state index contributed by atoms with van der Waals surface area (Å²) in [7, 11) is 1.64. The van der Waals surface area contributed by atoms with E-state index in [1.54, 1.807) is 7.11 Å². The SMILES string of the molecule is CC[C@@](O)(c1ccccc1)[C@H](OC)c1ccccc1. The highest BCUT2D eigenvalue weighted by Gasteiger charge is 2.38. The molecule has 0 aliphatic rings. The normalized spacial score (nSPS) is 15.7. The number of hydrogen-bond acceptors (Lipinski definition) is 2. The summed E-state index contributed by atoms with van der Waals surface area (Å²) in [5.41, 5.74) is 0.851. The average molecular weight is 256 g/mol. The van der Waals surface area contributed by atoms with Gasteiger partial charge in [-0.25, -0.2) is 0 Å². The fourth-order valence-corrected chi connectivity index (χ4v) is 2.50. The van der Waals surface area contributed by atoms with Crippen LogP contribution in [0.25, 0.3) is 0 Å². The summed E-state index contributed by atoms with van der Waals surface area (Å²) in [5.74, 6) is 0. The lowest BCUT2D eigenvalue weighted by Gasteiger charge is -2.35. The third kappa shape index (κ3) is 2.70. The van der Waals surface area contributed by atoms with Crippen LogP contribution in [0.2, 0.25) is 0 Å². The summed E-state index contributed by atoms with van der Waals surface area (Å²) in [6.07, 6.45) is 0.214. The molecule has 2 aromatic carbocycles. The van der Waals surface area contributed by atoms with E-state index in [2.05, 4.69) is 0 Å². The average Bonchev–Trinajstić information content (AvgIpc) is 2.49. The Morgan fingerprint density at radius 2 is 1.53 bits per heavy atom. The van der Waals surface area contributed by atoms with Crippen LogP contribution in [0.4, 0.5) is 0 Å². The van der Waals surface area contributed by atoms with E-state index in [1.165, 1.54) is 0 Å². The molecule has 1 N–H and O–H groups in total. The van der Waals surface area contributed by atoms with Crippen LogP contribution >= 0.6 is 0 Å². The van der Waals surface area contributed by atoms with E-state index in [9.17, 15) is 5.11 Å². The molecule has 0 heterocycles. The van der Waals surface area contributed by atoms with Gasteiger partial charge in [-0.2, -0.15) is 0 Å². The molecule has 0 saturated heterocycles. The molecule has 19 heavy (non-hydrogen) atoms. The number of ether oxygens (including phenoxy) is 1. The zero-order chi connectivity index (χ0) is 13.7. The molecule has 0 saturated carbocycles. The smallest absolute Gasteiger partial charge is 0.120 e. The van der Waals surface area contributed by atoms with Crippen molar-refractivity contribution in [3.63, 3.8) is 0 Å². The number of benzene rings is 2. The minimum Gasteiger partial charge on any atom is -0.382 e. The Labute approximate surface area is 114 Å².